The second-order valence-electron chi connectivity index (χ2n) is 3.80. The van der Waals surface area contributed by atoms with Gasteiger partial charge in [-0.05, 0) is 0 Å². The van der Waals surface area contributed by atoms with Crippen LogP contribution in [0, 0.1) is 0 Å². The lowest BCUT2D eigenvalue weighted by atomic mass is 10.5. The Morgan fingerprint density at radius 2 is 1.44 bits per heavy atom. The summed E-state index contributed by atoms with van der Waals surface area (Å²) in [5.41, 5.74) is 0. The lowest BCUT2D eigenvalue weighted by Crippen LogP contribution is -2.40. The topological polar surface area (TPSA) is 52.7 Å². The first-order chi connectivity index (χ1) is 8.49. The van der Waals surface area contributed by atoms with Crippen molar-refractivity contribution in [2.45, 2.75) is 34.1 Å². The lowest BCUT2D eigenvalue weighted by molar-refractivity contribution is -0.119. The lowest BCUT2D eigenvalue weighted by Gasteiger charge is -2.37. The Hall–Kier alpha value is -0.0900. The van der Waals surface area contributed by atoms with Crippen molar-refractivity contribution in [3.8, 4) is 0 Å². The van der Waals surface area contributed by atoms with E-state index in [4.69, 9.17) is 11.6 Å². The highest BCUT2D eigenvalue weighted by molar-refractivity contribution is 7.57. The minimum atomic E-state index is -3.02. The van der Waals surface area contributed by atoms with Crippen LogP contribution in [0.25, 0.3) is 0 Å². The summed E-state index contributed by atoms with van der Waals surface area (Å²) in [6, 6.07) is 0. The van der Waals surface area contributed by atoms with E-state index in [-0.39, 0.29) is 18.2 Å². The summed E-state index contributed by atoms with van der Waals surface area (Å²) in [4.78, 5) is 11.7. The summed E-state index contributed by atoms with van der Waals surface area (Å²) in [6.45, 7) is 10.3. The van der Waals surface area contributed by atoms with Gasteiger partial charge in [0.1, 0.15) is 0 Å². The summed E-state index contributed by atoms with van der Waals surface area (Å²) in [7, 11) is -3.02. The Morgan fingerprint density at radius 1 is 1.06 bits per heavy atom. The molecule has 0 aliphatic carbocycles. The van der Waals surface area contributed by atoms with E-state index in [9.17, 15) is 9.36 Å². The highest BCUT2D eigenvalue weighted by Crippen LogP contribution is 2.48. The number of halogens is 1. The fourth-order valence-corrected chi connectivity index (χ4v) is 4.62. The zero-order valence-corrected chi connectivity index (χ0v) is 13.4. The summed E-state index contributed by atoms with van der Waals surface area (Å²) in [5, 5.41) is 2.68. The van der Waals surface area contributed by atoms with E-state index in [0.717, 1.165) is 0 Å². The van der Waals surface area contributed by atoms with Gasteiger partial charge in [0.15, 0.2) is 0 Å². The molecular formula is C11H25ClN3O2P. The number of amides is 1. The van der Waals surface area contributed by atoms with E-state index in [2.05, 4.69) is 5.09 Å². The number of nitrogens with zero attached hydrogens (tertiary/aromatic N) is 2. The maximum atomic E-state index is 13.1. The maximum Gasteiger partial charge on any atom is 0.310 e. The van der Waals surface area contributed by atoms with Gasteiger partial charge in [-0.3, -0.25) is 14.4 Å². The Morgan fingerprint density at radius 3 is 1.72 bits per heavy atom. The highest BCUT2D eigenvalue weighted by Gasteiger charge is 2.35. The van der Waals surface area contributed by atoms with Crippen LogP contribution in [0.4, 0.5) is 0 Å². The van der Waals surface area contributed by atoms with E-state index in [1.54, 1.807) is 0 Å². The summed E-state index contributed by atoms with van der Waals surface area (Å²) < 4.78 is 16.7. The molecule has 0 aromatic rings. The Bertz CT molecular complexity index is 278. The third kappa shape index (κ3) is 4.54. The van der Waals surface area contributed by atoms with Gasteiger partial charge in [-0.1, -0.05) is 27.7 Å². The van der Waals surface area contributed by atoms with Gasteiger partial charge >= 0.3 is 7.59 Å². The molecule has 0 aliphatic heterocycles. The van der Waals surface area contributed by atoms with Crippen molar-refractivity contribution in [1.29, 1.82) is 0 Å². The van der Waals surface area contributed by atoms with Gasteiger partial charge in [0.05, 0.1) is 0 Å². The van der Waals surface area contributed by atoms with Crippen molar-refractivity contribution >= 4 is 25.1 Å². The van der Waals surface area contributed by atoms with E-state index >= 15 is 0 Å². The zero-order valence-electron chi connectivity index (χ0n) is 11.8. The molecule has 0 bridgehead atoms. The molecule has 0 unspecified atom stereocenters. The Kier molecular flexibility index (Phi) is 8.87. The average Bonchev–Trinajstić information content (AvgIpc) is 2.31. The average molecular weight is 298 g/mol. The molecule has 0 saturated heterocycles. The van der Waals surface area contributed by atoms with Crippen LogP contribution in [0.3, 0.4) is 0 Å². The SMILES string of the molecule is CCN(CC)P(=O)(NC(=O)CCCl)N(CC)CC. The Labute approximate surface area is 115 Å². The predicted molar refractivity (Wildman–Crippen MR) is 76.9 cm³/mol. The standard InChI is InChI=1S/C11H25ClN3O2P/c1-5-14(6-2)18(17,15(7-3)8-4)13-11(16)9-10-12/h5-10H2,1-4H3,(H,13,16,17). The third-order valence-corrected chi connectivity index (χ3v) is 6.21. The predicted octanol–water partition coefficient (Wildman–Crippen LogP) is 2.52. The smallest absolute Gasteiger partial charge is 0.283 e. The number of alkyl halides is 1. The van der Waals surface area contributed by atoms with Gasteiger partial charge in [-0.2, -0.15) is 0 Å². The van der Waals surface area contributed by atoms with Gasteiger partial charge in [-0.25, -0.2) is 9.34 Å². The van der Waals surface area contributed by atoms with Gasteiger partial charge in [0, 0.05) is 38.5 Å². The molecule has 1 N–H and O–H groups in total. The number of carbonyl (C=O) groups excluding carboxylic acids is 1. The summed E-state index contributed by atoms with van der Waals surface area (Å²) >= 11 is 5.54. The molecule has 5 nitrogen and oxygen atoms in total. The molecule has 0 fully saturated rings. The van der Waals surface area contributed by atoms with Crippen LogP contribution in [0.5, 0.6) is 0 Å². The van der Waals surface area contributed by atoms with Crippen molar-refractivity contribution < 1.29 is 9.36 Å². The zero-order chi connectivity index (χ0) is 14.2. The summed E-state index contributed by atoms with van der Waals surface area (Å²) in [6.07, 6.45) is 0.189. The van der Waals surface area contributed by atoms with Crippen LogP contribution in [0.2, 0.25) is 0 Å². The molecule has 0 heterocycles. The largest absolute Gasteiger partial charge is 0.310 e. The molecular weight excluding hydrogens is 273 g/mol. The summed E-state index contributed by atoms with van der Waals surface area (Å²) in [5.74, 6) is -0.0189. The number of carbonyl (C=O) groups is 1. The minimum absolute atomic E-state index is 0.189. The first-order valence-corrected chi connectivity index (χ1v) is 8.62. The molecule has 0 spiro atoms. The molecule has 1 amide bonds. The first kappa shape index (κ1) is 17.9. The van der Waals surface area contributed by atoms with Gasteiger partial charge in [0.25, 0.3) is 0 Å². The molecule has 0 atom stereocenters. The van der Waals surface area contributed by atoms with E-state index in [1.807, 2.05) is 37.0 Å². The van der Waals surface area contributed by atoms with Crippen LogP contribution in [0.15, 0.2) is 0 Å². The van der Waals surface area contributed by atoms with Crippen LogP contribution in [-0.2, 0) is 9.36 Å². The molecule has 0 rings (SSSR count). The van der Waals surface area contributed by atoms with Crippen molar-refractivity contribution in [3.63, 3.8) is 0 Å². The maximum absolute atomic E-state index is 13.1. The highest BCUT2D eigenvalue weighted by atomic mass is 35.5. The number of rotatable bonds is 9. The molecule has 18 heavy (non-hydrogen) atoms. The van der Waals surface area contributed by atoms with Crippen LogP contribution in [0.1, 0.15) is 34.1 Å². The molecule has 0 aromatic carbocycles. The van der Waals surface area contributed by atoms with Crippen LogP contribution < -0.4 is 5.09 Å². The van der Waals surface area contributed by atoms with Gasteiger partial charge in [0.2, 0.25) is 5.91 Å². The fourth-order valence-electron chi connectivity index (χ4n) is 1.84. The molecule has 7 heteroatoms. The molecule has 0 saturated carbocycles. The number of nitrogens with one attached hydrogen (secondary N) is 1. The van der Waals surface area contributed by atoms with E-state index in [0.29, 0.717) is 26.2 Å². The normalized spacial score (nSPS) is 12.2. The monoisotopic (exact) mass is 297 g/mol. The van der Waals surface area contributed by atoms with Crippen LogP contribution >= 0.6 is 19.2 Å². The first-order valence-electron chi connectivity index (χ1n) is 6.47. The van der Waals surface area contributed by atoms with Crippen molar-refractivity contribution in [3.05, 3.63) is 0 Å². The molecule has 108 valence electrons. The van der Waals surface area contributed by atoms with Gasteiger partial charge in [-0.15, -0.1) is 11.6 Å². The fraction of sp³-hybridized carbons (Fsp3) is 0.909. The van der Waals surface area contributed by atoms with E-state index in [1.165, 1.54) is 0 Å². The van der Waals surface area contributed by atoms with Crippen molar-refractivity contribution in [2.24, 2.45) is 0 Å². The third-order valence-electron chi connectivity index (χ3n) is 2.82. The van der Waals surface area contributed by atoms with E-state index < -0.39 is 7.59 Å². The second kappa shape index (κ2) is 8.92. The van der Waals surface area contributed by atoms with Crippen molar-refractivity contribution in [1.82, 2.24) is 14.4 Å². The van der Waals surface area contributed by atoms with Crippen molar-refractivity contribution in [2.75, 3.05) is 32.1 Å². The quantitative estimate of drug-likeness (QED) is 0.525. The Balaban J connectivity index is 5.13. The van der Waals surface area contributed by atoms with Gasteiger partial charge < -0.3 is 0 Å². The molecule has 0 radical (unpaired) electrons. The number of hydrogen-bond acceptors (Lipinski definition) is 2. The number of hydrogen-bond donors (Lipinski definition) is 1. The molecule has 0 aliphatic rings. The minimum Gasteiger partial charge on any atom is -0.283 e. The van der Waals surface area contributed by atoms with Crippen LogP contribution in [-0.4, -0.2) is 47.3 Å². The molecule has 0 aromatic heterocycles. The second-order valence-corrected chi connectivity index (χ2v) is 6.62.